The van der Waals surface area contributed by atoms with Gasteiger partial charge in [-0.2, -0.15) is 0 Å². The van der Waals surface area contributed by atoms with Crippen LogP contribution in [0.4, 0.5) is 21.0 Å². The lowest BCUT2D eigenvalue weighted by Gasteiger charge is -2.35. The number of amides is 4. The van der Waals surface area contributed by atoms with Gasteiger partial charge in [-0.1, -0.05) is 41.9 Å². The fourth-order valence-electron chi connectivity index (χ4n) is 4.98. The minimum atomic E-state index is -1.17. The van der Waals surface area contributed by atoms with Gasteiger partial charge >= 0.3 is 12.2 Å². The van der Waals surface area contributed by atoms with Crippen LogP contribution in [0.5, 0.6) is 0 Å². The SMILES string of the molecule is CN(C(=O)O)c1ccc(C(=O)N[C@@H](Cc2ccccc2)C(=O)N2CCC3(C2)OC(=O)Nc2ccc(Cl)cc23)nc1. The van der Waals surface area contributed by atoms with E-state index >= 15 is 0 Å². The Morgan fingerprint density at radius 2 is 1.98 bits per heavy atom. The number of benzene rings is 2. The third-order valence-electron chi connectivity index (χ3n) is 7.08. The molecule has 5 rings (SSSR count). The van der Waals surface area contributed by atoms with Gasteiger partial charge in [0.2, 0.25) is 5.91 Å². The number of carbonyl (C=O) groups excluding carboxylic acids is 3. The molecule has 0 aliphatic carbocycles. The summed E-state index contributed by atoms with van der Waals surface area (Å²) in [5.41, 5.74) is 1.36. The standard InChI is InChI=1S/C28H26ClN5O6/c1-33(27(38)39)19-8-10-22(30-15-19)24(35)31-23(13-17-5-3-2-4-6-17)25(36)34-12-11-28(16-34)20-14-18(29)7-9-21(20)32-26(37)40-28/h2-10,14-15,23H,11-13,16H2,1H3,(H,31,35)(H,32,37)(H,38,39)/t23-,28?/m0/s1. The Balaban J connectivity index is 1.38. The minimum absolute atomic E-state index is 0.0298. The van der Waals surface area contributed by atoms with Gasteiger partial charge in [0.25, 0.3) is 5.91 Å². The molecule has 2 atom stereocenters. The number of carbonyl (C=O) groups is 4. The molecule has 0 radical (unpaired) electrons. The van der Waals surface area contributed by atoms with Crippen LogP contribution in [0.2, 0.25) is 5.02 Å². The van der Waals surface area contributed by atoms with E-state index in [0.29, 0.717) is 34.9 Å². The van der Waals surface area contributed by atoms with E-state index in [2.05, 4.69) is 15.6 Å². The highest BCUT2D eigenvalue weighted by Crippen LogP contribution is 2.43. The average molecular weight is 564 g/mol. The number of anilines is 2. The molecule has 0 bridgehead atoms. The van der Waals surface area contributed by atoms with Crippen molar-refractivity contribution in [3.05, 3.63) is 88.7 Å². The number of nitrogens with zero attached hydrogens (tertiary/aromatic N) is 3. The Morgan fingerprint density at radius 3 is 2.67 bits per heavy atom. The Kier molecular flexibility index (Phi) is 7.31. The molecule has 0 saturated carbocycles. The van der Waals surface area contributed by atoms with Gasteiger partial charge in [0.1, 0.15) is 11.7 Å². The topological polar surface area (TPSA) is 141 Å². The lowest BCUT2D eigenvalue weighted by molar-refractivity contribution is -0.133. The summed E-state index contributed by atoms with van der Waals surface area (Å²) in [6, 6.07) is 16.3. The first-order valence-corrected chi connectivity index (χ1v) is 12.9. The molecule has 1 saturated heterocycles. The zero-order valence-corrected chi connectivity index (χ0v) is 22.2. The van der Waals surface area contributed by atoms with Crippen molar-refractivity contribution in [1.82, 2.24) is 15.2 Å². The number of pyridine rings is 1. The molecular formula is C28H26ClN5O6. The van der Waals surface area contributed by atoms with Crippen LogP contribution in [0, 0.1) is 0 Å². The monoisotopic (exact) mass is 563 g/mol. The lowest BCUT2D eigenvalue weighted by Crippen LogP contribution is -2.50. The van der Waals surface area contributed by atoms with Gasteiger partial charge in [0, 0.05) is 37.0 Å². The smallest absolute Gasteiger partial charge is 0.412 e. The second-order valence-electron chi connectivity index (χ2n) is 9.67. The molecule has 40 heavy (non-hydrogen) atoms. The van der Waals surface area contributed by atoms with E-state index in [9.17, 15) is 19.2 Å². The van der Waals surface area contributed by atoms with Gasteiger partial charge in [0.15, 0.2) is 5.60 Å². The summed E-state index contributed by atoms with van der Waals surface area (Å²) in [6.07, 6.45) is 0.0842. The largest absolute Gasteiger partial charge is 0.465 e. The summed E-state index contributed by atoms with van der Waals surface area (Å²) in [5, 5.41) is 15.1. The molecule has 12 heteroatoms. The summed E-state index contributed by atoms with van der Waals surface area (Å²) >= 11 is 6.24. The van der Waals surface area contributed by atoms with Gasteiger partial charge in [0.05, 0.1) is 24.1 Å². The number of nitrogens with one attached hydrogen (secondary N) is 2. The minimum Gasteiger partial charge on any atom is -0.465 e. The average Bonchev–Trinajstić information content (AvgIpc) is 3.37. The van der Waals surface area contributed by atoms with E-state index in [1.165, 1.54) is 25.4 Å². The number of hydrogen-bond acceptors (Lipinski definition) is 6. The van der Waals surface area contributed by atoms with Crippen molar-refractivity contribution < 1.29 is 29.0 Å². The number of likely N-dealkylation sites (tertiary alicyclic amines) is 1. The molecule has 2 aliphatic heterocycles. The first-order valence-electron chi connectivity index (χ1n) is 12.5. The van der Waals surface area contributed by atoms with Crippen molar-refractivity contribution in [2.24, 2.45) is 0 Å². The highest BCUT2D eigenvalue weighted by molar-refractivity contribution is 6.30. The Bertz CT molecular complexity index is 1470. The van der Waals surface area contributed by atoms with Crippen molar-refractivity contribution in [2.45, 2.75) is 24.5 Å². The molecule has 1 aromatic heterocycles. The molecule has 3 aromatic rings. The number of rotatable bonds is 6. The normalized spacial score (nSPS) is 18.4. The van der Waals surface area contributed by atoms with Gasteiger partial charge in [-0.3, -0.25) is 19.8 Å². The zero-order chi connectivity index (χ0) is 28.4. The second kappa shape index (κ2) is 10.9. The molecule has 2 aliphatic rings. The van der Waals surface area contributed by atoms with Crippen molar-refractivity contribution >= 4 is 47.0 Å². The predicted molar refractivity (Wildman–Crippen MR) is 146 cm³/mol. The molecular weight excluding hydrogens is 538 g/mol. The van der Waals surface area contributed by atoms with Crippen LogP contribution < -0.4 is 15.5 Å². The zero-order valence-electron chi connectivity index (χ0n) is 21.5. The maximum atomic E-state index is 13.9. The third-order valence-corrected chi connectivity index (χ3v) is 7.32. The first-order chi connectivity index (χ1) is 19.1. The first kappa shape index (κ1) is 26.9. The molecule has 4 amide bonds. The number of aromatic nitrogens is 1. The molecule has 11 nitrogen and oxygen atoms in total. The predicted octanol–water partition coefficient (Wildman–Crippen LogP) is 3.88. The summed E-state index contributed by atoms with van der Waals surface area (Å²) in [5.74, 6) is -0.924. The highest BCUT2D eigenvalue weighted by Gasteiger charge is 2.49. The molecule has 3 heterocycles. The van der Waals surface area contributed by atoms with Gasteiger partial charge in [-0.05, 0) is 35.9 Å². The van der Waals surface area contributed by atoms with E-state index in [1.54, 1.807) is 23.1 Å². The van der Waals surface area contributed by atoms with Crippen molar-refractivity contribution in [1.29, 1.82) is 0 Å². The van der Waals surface area contributed by atoms with Crippen molar-refractivity contribution in [3.8, 4) is 0 Å². The fraction of sp³-hybridized carbons (Fsp3) is 0.250. The molecule has 1 spiro atoms. The van der Waals surface area contributed by atoms with E-state index in [4.69, 9.17) is 21.4 Å². The van der Waals surface area contributed by atoms with Gasteiger partial charge < -0.3 is 20.1 Å². The summed E-state index contributed by atoms with van der Waals surface area (Å²) in [4.78, 5) is 57.2. The van der Waals surface area contributed by atoms with E-state index in [1.807, 2.05) is 30.3 Å². The summed E-state index contributed by atoms with van der Waals surface area (Å²) in [6.45, 7) is 0.399. The quantitative estimate of drug-likeness (QED) is 0.413. The second-order valence-corrected chi connectivity index (χ2v) is 10.1. The van der Waals surface area contributed by atoms with E-state index < -0.39 is 29.7 Å². The molecule has 1 unspecified atom stereocenters. The molecule has 2 aromatic carbocycles. The van der Waals surface area contributed by atoms with E-state index in [-0.39, 0.29) is 24.6 Å². The molecule has 3 N–H and O–H groups in total. The third kappa shape index (κ3) is 5.41. The van der Waals surface area contributed by atoms with Crippen LogP contribution in [0.3, 0.4) is 0 Å². The number of fused-ring (bicyclic) bond motifs is 2. The van der Waals surface area contributed by atoms with E-state index in [0.717, 1.165) is 10.5 Å². The highest BCUT2D eigenvalue weighted by atomic mass is 35.5. The fourth-order valence-corrected chi connectivity index (χ4v) is 5.15. The van der Waals surface area contributed by atoms with Crippen molar-refractivity contribution in [3.63, 3.8) is 0 Å². The maximum Gasteiger partial charge on any atom is 0.412 e. The maximum absolute atomic E-state index is 13.9. The van der Waals surface area contributed by atoms with Crippen LogP contribution in [-0.4, -0.2) is 65.2 Å². The molecule has 1 fully saturated rings. The van der Waals surface area contributed by atoms with Crippen LogP contribution in [-0.2, 0) is 21.6 Å². The van der Waals surface area contributed by atoms with Crippen molar-refractivity contribution in [2.75, 3.05) is 30.4 Å². The number of halogens is 1. The molecule has 206 valence electrons. The van der Waals surface area contributed by atoms with Crippen LogP contribution >= 0.6 is 11.6 Å². The Labute approximate surface area is 234 Å². The Hall–Kier alpha value is -4.64. The summed E-state index contributed by atoms with van der Waals surface area (Å²) < 4.78 is 5.75. The van der Waals surface area contributed by atoms with Crippen LogP contribution in [0.1, 0.15) is 28.0 Å². The van der Waals surface area contributed by atoms with Gasteiger partial charge in [-0.15, -0.1) is 0 Å². The number of hydrogen-bond donors (Lipinski definition) is 3. The number of carboxylic acid groups (broad SMARTS) is 1. The van der Waals surface area contributed by atoms with Crippen LogP contribution in [0.25, 0.3) is 0 Å². The Morgan fingerprint density at radius 1 is 1.20 bits per heavy atom. The van der Waals surface area contributed by atoms with Gasteiger partial charge in [-0.25, -0.2) is 14.6 Å². The number of ether oxygens (including phenoxy) is 1. The summed E-state index contributed by atoms with van der Waals surface area (Å²) in [7, 11) is 1.36. The lowest BCUT2D eigenvalue weighted by atomic mass is 9.90. The van der Waals surface area contributed by atoms with Crippen LogP contribution in [0.15, 0.2) is 66.9 Å².